The molecule has 0 saturated carbocycles. The summed E-state index contributed by atoms with van der Waals surface area (Å²) >= 11 is 0. The largest absolute Gasteiger partial charge is 0.324 e. The molecule has 0 amide bonds. The molecule has 1 aromatic carbocycles. The number of benzene rings is 1. The average Bonchev–Trinajstić information content (AvgIpc) is 2.04. The Hall–Kier alpha value is -0.820. The molecule has 1 unspecified atom stereocenters. The molecule has 0 fully saturated rings. The molecular weight excluding hydrogens is 146 g/mol. The molecule has 0 aliphatic rings. The maximum Gasteiger partial charge on any atom is 0.0268 e. The van der Waals surface area contributed by atoms with Gasteiger partial charge in [-0.25, -0.2) is 0 Å². The van der Waals surface area contributed by atoms with E-state index >= 15 is 0 Å². The summed E-state index contributed by atoms with van der Waals surface area (Å²) in [6.45, 7) is 6.35. The summed E-state index contributed by atoms with van der Waals surface area (Å²) in [5, 5.41) is 0. The van der Waals surface area contributed by atoms with Crippen molar-refractivity contribution < 1.29 is 0 Å². The minimum absolute atomic E-state index is 0.150. The highest BCUT2D eigenvalue weighted by Crippen LogP contribution is 2.18. The molecule has 0 saturated heterocycles. The van der Waals surface area contributed by atoms with E-state index in [1.165, 1.54) is 16.7 Å². The summed E-state index contributed by atoms with van der Waals surface area (Å²) in [6.07, 6.45) is 1.09. The Morgan fingerprint density at radius 1 is 1.42 bits per heavy atom. The highest BCUT2D eigenvalue weighted by Gasteiger charge is 2.05. The van der Waals surface area contributed by atoms with Gasteiger partial charge in [-0.1, -0.05) is 25.1 Å². The van der Waals surface area contributed by atoms with Crippen LogP contribution in [-0.4, -0.2) is 0 Å². The summed E-state index contributed by atoms with van der Waals surface area (Å²) in [4.78, 5) is 0. The fourth-order valence-corrected chi connectivity index (χ4v) is 1.58. The topological polar surface area (TPSA) is 26.0 Å². The van der Waals surface area contributed by atoms with Crippen molar-refractivity contribution in [3.8, 4) is 0 Å². The van der Waals surface area contributed by atoms with E-state index in [4.69, 9.17) is 5.73 Å². The monoisotopic (exact) mass is 163 g/mol. The Bertz CT molecular complexity index is 264. The van der Waals surface area contributed by atoms with Crippen LogP contribution in [0.25, 0.3) is 0 Å². The first-order valence-electron chi connectivity index (χ1n) is 4.50. The van der Waals surface area contributed by atoms with Gasteiger partial charge in [-0.2, -0.15) is 0 Å². The molecule has 1 atom stereocenters. The normalized spacial score (nSPS) is 13.0. The van der Waals surface area contributed by atoms with Gasteiger partial charge < -0.3 is 5.73 Å². The van der Waals surface area contributed by atoms with Gasteiger partial charge in [0.15, 0.2) is 0 Å². The summed E-state index contributed by atoms with van der Waals surface area (Å²) in [7, 11) is 0. The van der Waals surface area contributed by atoms with Crippen molar-refractivity contribution in [3.63, 3.8) is 0 Å². The van der Waals surface area contributed by atoms with Gasteiger partial charge in [-0.15, -0.1) is 0 Å². The summed E-state index contributed by atoms with van der Waals surface area (Å²) < 4.78 is 0. The molecule has 2 N–H and O–H groups in total. The van der Waals surface area contributed by atoms with Crippen LogP contribution in [0.15, 0.2) is 18.2 Å². The molecule has 0 bridgehead atoms. The van der Waals surface area contributed by atoms with Crippen LogP contribution >= 0.6 is 0 Å². The molecule has 0 spiro atoms. The Labute approximate surface area is 74.6 Å². The fraction of sp³-hybridized carbons (Fsp3) is 0.455. The molecule has 1 heteroatoms. The van der Waals surface area contributed by atoms with Crippen molar-refractivity contribution in [2.24, 2.45) is 5.73 Å². The lowest BCUT2D eigenvalue weighted by atomic mass is 9.97. The maximum atomic E-state index is 5.84. The van der Waals surface area contributed by atoms with Gasteiger partial charge in [0.2, 0.25) is 0 Å². The third-order valence-electron chi connectivity index (χ3n) is 2.36. The van der Waals surface area contributed by atoms with E-state index in [1.807, 2.05) is 6.92 Å². The van der Waals surface area contributed by atoms with Gasteiger partial charge in [-0.05, 0) is 37.0 Å². The highest BCUT2D eigenvalue weighted by molar-refractivity contribution is 5.35. The SMILES string of the molecule is CCc1cccc(C(C)N)c1C. The molecule has 0 aliphatic heterocycles. The quantitative estimate of drug-likeness (QED) is 0.712. The number of rotatable bonds is 2. The zero-order valence-electron chi connectivity index (χ0n) is 8.09. The lowest BCUT2D eigenvalue weighted by molar-refractivity contribution is 0.805. The van der Waals surface area contributed by atoms with Crippen LogP contribution in [0.5, 0.6) is 0 Å². The first-order valence-corrected chi connectivity index (χ1v) is 4.50. The van der Waals surface area contributed by atoms with E-state index in [-0.39, 0.29) is 6.04 Å². The standard InChI is InChI=1S/C11H17N/c1-4-10-6-5-7-11(8(10)2)9(3)12/h5-7,9H,4,12H2,1-3H3. The number of hydrogen-bond donors (Lipinski definition) is 1. The molecule has 0 aliphatic carbocycles. The van der Waals surface area contributed by atoms with Gasteiger partial charge in [0.1, 0.15) is 0 Å². The Morgan fingerprint density at radius 2 is 2.08 bits per heavy atom. The third-order valence-corrected chi connectivity index (χ3v) is 2.36. The van der Waals surface area contributed by atoms with E-state index in [9.17, 15) is 0 Å². The minimum atomic E-state index is 0.150. The van der Waals surface area contributed by atoms with Crippen LogP contribution in [0.1, 0.15) is 36.6 Å². The third kappa shape index (κ3) is 1.67. The van der Waals surface area contributed by atoms with Crippen molar-refractivity contribution in [2.45, 2.75) is 33.2 Å². The molecule has 0 aromatic heterocycles. The lowest BCUT2D eigenvalue weighted by Gasteiger charge is -2.12. The zero-order chi connectivity index (χ0) is 9.14. The van der Waals surface area contributed by atoms with Crippen molar-refractivity contribution in [1.82, 2.24) is 0 Å². The Morgan fingerprint density at radius 3 is 2.58 bits per heavy atom. The van der Waals surface area contributed by atoms with Crippen molar-refractivity contribution in [3.05, 3.63) is 34.9 Å². The first-order chi connectivity index (χ1) is 5.66. The number of aryl methyl sites for hydroxylation is 1. The van der Waals surface area contributed by atoms with Crippen LogP contribution in [0.3, 0.4) is 0 Å². The van der Waals surface area contributed by atoms with Gasteiger partial charge in [0.05, 0.1) is 0 Å². The predicted octanol–water partition coefficient (Wildman–Crippen LogP) is 2.58. The van der Waals surface area contributed by atoms with Crippen molar-refractivity contribution in [2.75, 3.05) is 0 Å². The minimum Gasteiger partial charge on any atom is -0.324 e. The number of hydrogen-bond acceptors (Lipinski definition) is 1. The van der Waals surface area contributed by atoms with Crippen LogP contribution in [-0.2, 0) is 6.42 Å². The first kappa shape index (κ1) is 9.27. The molecule has 0 heterocycles. The van der Waals surface area contributed by atoms with E-state index in [1.54, 1.807) is 0 Å². The number of nitrogens with two attached hydrogens (primary N) is 1. The maximum absolute atomic E-state index is 5.84. The van der Waals surface area contributed by atoms with Crippen molar-refractivity contribution >= 4 is 0 Å². The van der Waals surface area contributed by atoms with Gasteiger partial charge in [0.25, 0.3) is 0 Å². The van der Waals surface area contributed by atoms with Crippen LogP contribution in [0.2, 0.25) is 0 Å². The summed E-state index contributed by atoms with van der Waals surface area (Å²) in [5.41, 5.74) is 9.87. The predicted molar refractivity (Wildman–Crippen MR) is 53.2 cm³/mol. The lowest BCUT2D eigenvalue weighted by Crippen LogP contribution is -2.07. The summed E-state index contributed by atoms with van der Waals surface area (Å²) in [5.74, 6) is 0. The molecular formula is C11H17N. The second kappa shape index (κ2) is 3.72. The molecule has 12 heavy (non-hydrogen) atoms. The highest BCUT2D eigenvalue weighted by atomic mass is 14.6. The molecule has 1 nitrogen and oxygen atoms in total. The molecule has 1 rings (SSSR count). The van der Waals surface area contributed by atoms with Gasteiger partial charge in [-0.3, -0.25) is 0 Å². The molecule has 1 aromatic rings. The fourth-order valence-electron chi connectivity index (χ4n) is 1.58. The average molecular weight is 163 g/mol. The second-order valence-corrected chi connectivity index (χ2v) is 3.27. The van der Waals surface area contributed by atoms with Crippen molar-refractivity contribution in [1.29, 1.82) is 0 Å². The molecule has 66 valence electrons. The van der Waals surface area contributed by atoms with Crippen LogP contribution in [0, 0.1) is 6.92 Å². The van der Waals surface area contributed by atoms with Crippen LogP contribution < -0.4 is 5.73 Å². The van der Waals surface area contributed by atoms with E-state index in [0.717, 1.165) is 6.42 Å². The van der Waals surface area contributed by atoms with E-state index in [2.05, 4.69) is 32.0 Å². The smallest absolute Gasteiger partial charge is 0.0268 e. The van der Waals surface area contributed by atoms with E-state index < -0.39 is 0 Å². The second-order valence-electron chi connectivity index (χ2n) is 3.27. The Kier molecular flexibility index (Phi) is 2.88. The van der Waals surface area contributed by atoms with Gasteiger partial charge >= 0.3 is 0 Å². The zero-order valence-corrected chi connectivity index (χ0v) is 8.09. The molecule has 0 radical (unpaired) electrons. The van der Waals surface area contributed by atoms with Crippen LogP contribution in [0.4, 0.5) is 0 Å². The van der Waals surface area contributed by atoms with E-state index in [0.29, 0.717) is 0 Å². The summed E-state index contributed by atoms with van der Waals surface area (Å²) in [6, 6.07) is 6.52. The van der Waals surface area contributed by atoms with Gasteiger partial charge in [0, 0.05) is 6.04 Å². The Balaban J connectivity index is 3.14.